The van der Waals surface area contributed by atoms with Gasteiger partial charge in [0.1, 0.15) is 5.82 Å². The highest BCUT2D eigenvalue weighted by Crippen LogP contribution is 2.42. The van der Waals surface area contributed by atoms with Crippen LogP contribution in [0.15, 0.2) is 84.4 Å². The van der Waals surface area contributed by atoms with E-state index in [1.54, 1.807) is 41.8 Å². The normalized spacial score (nSPS) is 10.8. The third-order valence-corrected chi connectivity index (χ3v) is 6.97. The van der Waals surface area contributed by atoms with Crippen LogP contribution in [-0.2, 0) is 6.54 Å². The SMILES string of the molecule is NCc1cccc(NC(=O)Nc2ccc(-c3csc4c(-c5cccc(C(N)=O)c5)cnc(N)c34)cc2)c1. The van der Waals surface area contributed by atoms with Crippen LogP contribution >= 0.6 is 11.3 Å². The molecule has 0 saturated heterocycles. The van der Waals surface area contributed by atoms with Gasteiger partial charge in [-0.1, -0.05) is 36.4 Å². The maximum Gasteiger partial charge on any atom is 0.323 e. The summed E-state index contributed by atoms with van der Waals surface area (Å²) in [5.74, 6) is -0.0674. The summed E-state index contributed by atoms with van der Waals surface area (Å²) in [4.78, 5) is 28.5. The Balaban J connectivity index is 1.40. The van der Waals surface area contributed by atoms with E-state index in [9.17, 15) is 9.59 Å². The number of fused-ring (bicyclic) bond motifs is 1. The molecule has 2 heterocycles. The molecule has 37 heavy (non-hydrogen) atoms. The van der Waals surface area contributed by atoms with E-state index < -0.39 is 5.91 Å². The number of primary amides is 1. The third kappa shape index (κ3) is 4.99. The molecule has 0 atom stereocenters. The fraction of sp³-hybridized carbons (Fsp3) is 0.0357. The number of hydrogen-bond donors (Lipinski definition) is 5. The number of aromatic nitrogens is 1. The summed E-state index contributed by atoms with van der Waals surface area (Å²) in [7, 11) is 0. The zero-order valence-electron chi connectivity index (χ0n) is 19.7. The Morgan fingerprint density at radius 1 is 0.865 bits per heavy atom. The number of nitrogen functional groups attached to an aromatic ring is 1. The highest BCUT2D eigenvalue weighted by Gasteiger charge is 2.16. The van der Waals surface area contributed by atoms with Crippen LogP contribution in [0, 0.1) is 0 Å². The fourth-order valence-corrected chi connectivity index (χ4v) is 5.25. The van der Waals surface area contributed by atoms with E-state index in [0.717, 1.165) is 37.9 Å². The Morgan fingerprint density at radius 3 is 2.38 bits per heavy atom. The van der Waals surface area contributed by atoms with Crippen molar-refractivity contribution in [2.75, 3.05) is 16.4 Å². The Morgan fingerprint density at radius 2 is 1.62 bits per heavy atom. The first kappa shape index (κ1) is 24.0. The summed E-state index contributed by atoms with van der Waals surface area (Å²) in [6, 6.07) is 21.7. The minimum atomic E-state index is -0.486. The van der Waals surface area contributed by atoms with Crippen molar-refractivity contribution >= 4 is 50.6 Å². The molecule has 8 nitrogen and oxygen atoms in total. The maximum atomic E-state index is 12.4. The number of pyridine rings is 1. The predicted molar refractivity (Wildman–Crippen MR) is 150 cm³/mol. The smallest absolute Gasteiger partial charge is 0.323 e. The highest BCUT2D eigenvalue weighted by atomic mass is 32.1. The molecule has 0 spiro atoms. The number of nitrogens with one attached hydrogen (secondary N) is 2. The lowest BCUT2D eigenvalue weighted by Gasteiger charge is -2.10. The predicted octanol–water partition coefficient (Wildman–Crippen LogP) is 5.41. The molecule has 5 rings (SSSR count). The maximum absolute atomic E-state index is 12.4. The lowest BCUT2D eigenvalue weighted by molar-refractivity contribution is 0.100. The number of nitrogens with two attached hydrogens (primary N) is 3. The standard InChI is InChI=1S/C28H24N6O2S/c29-13-16-3-1-6-21(11-16)34-28(36)33-20-9-7-17(8-10-20)23-15-37-25-22(14-32-26(30)24(23)25)18-4-2-5-19(12-18)27(31)35/h1-12,14-15H,13,29H2,(H2,30,32)(H2,31,35)(H2,33,34,36). The zero-order valence-corrected chi connectivity index (χ0v) is 20.5. The second kappa shape index (κ2) is 10.1. The van der Waals surface area contributed by atoms with E-state index in [2.05, 4.69) is 15.6 Å². The number of carbonyl (C=O) groups is 2. The number of thiophene rings is 1. The molecule has 3 aromatic carbocycles. The molecule has 0 aliphatic carbocycles. The van der Waals surface area contributed by atoms with E-state index in [-0.39, 0.29) is 6.03 Å². The Labute approximate surface area is 217 Å². The molecular weight excluding hydrogens is 484 g/mol. The molecule has 0 fully saturated rings. The van der Waals surface area contributed by atoms with Gasteiger partial charge in [-0.25, -0.2) is 9.78 Å². The van der Waals surface area contributed by atoms with Crippen LogP contribution in [0.3, 0.4) is 0 Å². The van der Waals surface area contributed by atoms with Gasteiger partial charge in [-0.15, -0.1) is 11.3 Å². The van der Waals surface area contributed by atoms with Gasteiger partial charge in [0.15, 0.2) is 0 Å². The Hall–Kier alpha value is -4.73. The van der Waals surface area contributed by atoms with Crippen molar-refractivity contribution in [1.29, 1.82) is 0 Å². The van der Waals surface area contributed by atoms with Gasteiger partial charge in [-0.3, -0.25) is 4.79 Å². The van der Waals surface area contributed by atoms with Crippen LogP contribution in [0.4, 0.5) is 22.0 Å². The van der Waals surface area contributed by atoms with Crippen LogP contribution in [0.5, 0.6) is 0 Å². The fourth-order valence-electron chi connectivity index (χ4n) is 4.13. The number of rotatable bonds is 6. The van der Waals surface area contributed by atoms with Gasteiger partial charge >= 0.3 is 6.03 Å². The molecule has 0 aliphatic rings. The summed E-state index contributed by atoms with van der Waals surface area (Å²) in [6.07, 6.45) is 1.72. The molecule has 2 aromatic heterocycles. The van der Waals surface area contributed by atoms with Crippen LogP contribution in [0.2, 0.25) is 0 Å². The van der Waals surface area contributed by atoms with Crippen LogP contribution in [0.25, 0.3) is 32.3 Å². The van der Waals surface area contributed by atoms with Gasteiger partial charge in [0, 0.05) is 50.9 Å². The number of nitrogens with zero attached hydrogens (tertiary/aromatic N) is 1. The number of anilines is 3. The quantitative estimate of drug-likeness (QED) is 0.208. The summed E-state index contributed by atoms with van der Waals surface area (Å²) in [5.41, 5.74) is 23.7. The molecule has 0 radical (unpaired) electrons. The van der Waals surface area contributed by atoms with Gasteiger partial charge in [0.25, 0.3) is 0 Å². The van der Waals surface area contributed by atoms with Crippen molar-refractivity contribution in [3.05, 3.63) is 95.5 Å². The molecule has 184 valence electrons. The molecule has 5 aromatic rings. The molecule has 0 bridgehead atoms. The average molecular weight is 509 g/mol. The number of hydrogen-bond acceptors (Lipinski definition) is 6. The van der Waals surface area contributed by atoms with Gasteiger partial charge in [0.2, 0.25) is 5.91 Å². The van der Waals surface area contributed by atoms with Gasteiger partial charge < -0.3 is 27.8 Å². The first-order valence-electron chi connectivity index (χ1n) is 11.5. The summed E-state index contributed by atoms with van der Waals surface area (Å²) in [5, 5.41) is 8.52. The van der Waals surface area contributed by atoms with E-state index >= 15 is 0 Å². The van der Waals surface area contributed by atoms with E-state index in [1.807, 2.05) is 53.9 Å². The molecule has 8 N–H and O–H groups in total. The second-order valence-corrected chi connectivity index (χ2v) is 9.30. The molecule has 0 saturated carbocycles. The lowest BCUT2D eigenvalue weighted by Crippen LogP contribution is -2.19. The lowest BCUT2D eigenvalue weighted by atomic mass is 10.00. The van der Waals surface area contributed by atoms with E-state index in [4.69, 9.17) is 17.2 Å². The molecule has 9 heteroatoms. The monoisotopic (exact) mass is 508 g/mol. The molecular formula is C28H24N6O2S. The molecule has 0 unspecified atom stereocenters. The van der Waals surface area contributed by atoms with Crippen LogP contribution in [-0.4, -0.2) is 16.9 Å². The first-order chi connectivity index (χ1) is 17.9. The van der Waals surface area contributed by atoms with Crippen molar-refractivity contribution in [2.24, 2.45) is 11.5 Å². The highest BCUT2D eigenvalue weighted by molar-refractivity contribution is 7.18. The largest absolute Gasteiger partial charge is 0.383 e. The number of carbonyl (C=O) groups excluding carboxylic acids is 2. The summed E-state index contributed by atoms with van der Waals surface area (Å²) >= 11 is 1.55. The van der Waals surface area contributed by atoms with Gasteiger partial charge in [0.05, 0.1) is 0 Å². The minimum absolute atomic E-state index is 0.348. The Kier molecular flexibility index (Phi) is 6.55. The Bertz CT molecular complexity index is 1630. The van der Waals surface area contributed by atoms with Crippen LogP contribution in [0.1, 0.15) is 15.9 Å². The minimum Gasteiger partial charge on any atom is -0.383 e. The zero-order chi connectivity index (χ0) is 25.9. The van der Waals surface area contributed by atoms with E-state index in [1.165, 1.54) is 0 Å². The first-order valence-corrected chi connectivity index (χ1v) is 12.3. The van der Waals surface area contributed by atoms with Gasteiger partial charge in [-0.2, -0.15) is 0 Å². The molecule has 3 amide bonds. The summed E-state index contributed by atoms with van der Waals surface area (Å²) in [6.45, 7) is 0.400. The summed E-state index contributed by atoms with van der Waals surface area (Å²) < 4.78 is 0.963. The second-order valence-electron chi connectivity index (χ2n) is 8.42. The third-order valence-electron chi connectivity index (χ3n) is 5.96. The molecule has 0 aliphatic heterocycles. The number of amides is 3. The van der Waals surface area contributed by atoms with E-state index in [0.29, 0.717) is 29.3 Å². The van der Waals surface area contributed by atoms with Crippen molar-refractivity contribution in [2.45, 2.75) is 6.54 Å². The number of benzene rings is 3. The van der Waals surface area contributed by atoms with Gasteiger partial charge in [-0.05, 0) is 58.5 Å². The number of urea groups is 1. The van der Waals surface area contributed by atoms with Crippen molar-refractivity contribution in [3.8, 4) is 22.3 Å². The van der Waals surface area contributed by atoms with Crippen molar-refractivity contribution in [1.82, 2.24) is 4.98 Å². The van der Waals surface area contributed by atoms with Crippen molar-refractivity contribution in [3.63, 3.8) is 0 Å². The van der Waals surface area contributed by atoms with Crippen molar-refractivity contribution < 1.29 is 9.59 Å². The van der Waals surface area contributed by atoms with Crippen LogP contribution < -0.4 is 27.8 Å². The average Bonchev–Trinajstić information content (AvgIpc) is 3.35. The topological polar surface area (TPSA) is 149 Å².